The van der Waals surface area contributed by atoms with Gasteiger partial charge in [-0.2, -0.15) is 0 Å². The minimum atomic E-state index is -1.93. The van der Waals surface area contributed by atoms with Crippen LogP contribution in [0.3, 0.4) is 0 Å². The maximum Gasteiger partial charge on any atom is 0.220 e. The molecule has 0 aromatic heterocycles. The molecular weight excluding hydrogens is 524 g/mol. The number of fused-ring (bicyclic) bond motifs is 5. The lowest BCUT2D eigenvalue weighted by Crippen LogP contribution is -2.71. The van der Waals surface area contributed by atoms with Crippen molar-refractivity contribution in [2.45, 2.75) is 109 Å². The fourth-order valence-electron chi connectivity index (χ4n) is 8.09. The van der Waals surface area contributed by atoms with Crippen molar-refractivity contribution in [3.8, 4) is 5.75 Å². The van der Waals surface area contributed by atoms with E-state index in [4.69, 9.17) is 28.1 Å². The molecule has 4 rings (SSSR count). The number of ether oxygens (including phenoxy) is 5. The first kappa shape index (κ1) is 31.7. The number of methoxy groups -OCH3 is 3. The maximum absolute atomic E-state index is 12.2. The van der Waals surface area contributed by atoms with Crippen LogP contribution in [0, 0.1) is 24.2 Å². The molecule has 3 aliphatic rings. The van der Waals surface area contributed by atoms with Crippen molar-refractivity contribution in [2.24, 2.45) is 17.3 Å². The van der Waals surface area contributed by atoms with Crippen LogP contribution in [0.4, 0.5) is 0 Å². The predicted octanol–water partition coefficient (Wildman–Crippen LogP) is 6.49. The first-order chi connectivity index (χ1) is 18.9. The third-order valence-electron chi connectivity index (χ3n) is 11.3. The molecule has 2 fully saturated rings. The van der Waals surface area contributed by atoms with Crippen LogP contribution in [0.25, 0.3) is 0 Å². The first-order valence-electron chi connectivity index (χ1n) is 15.0. The standard InChI is InChI=1S/C32H52O7Si/c1-12-18-32(19-37-40(13-2,14-3)15-4)21(6)28-29(39-31(8,36-11)30(7,35-10)38-28)25-26(32)22-16-17-23(34-9)20(5)24(22)27(25)33/h12,16-17,21,25-29,33H,1,13-15,18-19H2,2-11H3/t21-,25-,26-,27?,28?,29?,30+,31+,32-/m1/s1. The van der Waals surface area contributed by atoms with E-state index in [-0.39, 0.29) is 29.3 Å². The Hall–Kier alpha value is -1.26. The van der Waals surface area contributed by atoms with Crippen molar-refractivity contribution < 1.29 is 33.2 Å². The Morgan fingerprint density at radius 2 is 1.57 bits per heavy atom. The average molecular weight is 577 g/mol. The van der Waals surface area contributed by atoms with Crippen molar-refractivity contribution in [3.63, 3.8) is 0 Å². The summed E-state index contributed by atoms with van der Waals surface area (Å²) in [6, 6.07) is 7.38. The van der Waals surface area contributed by atoms with Gasteiger partial charge in [0, 0.05) is 38.1 Å². The SMILES string of the molecule is C=CC[C@@]1(CO[Si](CC)(CC)CC)[C@H](C)C2O[C@](C)(OC)[C@@](C)(OC)OC2[C@H]2C(O)c3c(ccc(OC)c3C)[C@H]21. The van der Waals surface area contributed by atoms with Crippen LogP contribution in [-0.4, -0.2) is 65.1 Å². The second-order valence-corrected chi connectivity index (χ2v) is 17.2. The number of aliphatic hydroxyl groups excluding tert-OH is 1. The Labute approximate surface area is 242 Å². The zero-order valence-electron chi connectivity index (χ0n) is 26.3. The normalized spacial score (nSPS) is 38.9. The van der Waals surface area contributed by atoms with Crippen LogP contribution in [-0.2, 0) is 23.4 Å². The van der Waals surface area contributed by atoms with Gasteiger partial charge >= 0.3 is 0 Å². The minimum Gasteiger partial charge on any atom is -0.496 e. The van der Waals surface area contributed by atoms with E-state index in [2.05, 4.69) is 40.3 Å². The second kappa shape index (κ2) is 11.4. The summed E-state index contributed by atoms with van der Waals surface area (Å²) >= 11 is 0. The molecule has 0 radical (unpaired) electrons. The number of rotatable bonds is 11. The van der Waals surface area contributed by atoms with Gasteiger partial charge in [-0.15, -0.1) is 6.58 Å². The lowest BCUT2D eigenvalue weighted by Gasteiger charge is -2.62. The van der Waals surface area contributed by atoms with E-state index in [0.29, 0.717) is 6.61 Å². The summed E-state index contributed by atoms with van der Waals surface area (Å²) in [6.07, 6.45) is 1.20. The smallest absolute Gasteiger partial charge is 0.220 e. The molecule has 1 saturated carbocycles. The zero-order valence-corrected chi connectivity index (χ0v) is 27.3. The van der Waals surface area contributed by atoms with E-state index in [9.17, 15) is 5.11 Å². The third-order valence-corrected chi connectivity index (χ3v) is 15.9. The van der Waals surface area contributed by atoms with Crippen molar-refractivity contribution >= 4 is 8.32 Å². The highest BCUT2D eigenvalue weighted by molar-refractivity contribution is 6.73. The van der Waals surface area contributed by atoms with Crippen LogP contribution in [0.15, 0.2) is 24.8 Å². The van der Waals surface area contributed by atoms with Gasteiger partial charge in [-0.1, -0.05) is 39.8 Å². The van der Waals surface area contributed by atoms with Gasteiger partial charge in [-0.3, -0.25) is 0 Å². The Bertz CT molecular complexity index is 1070. The number of hydrogen-bond acceptors (Lipinski definition) is 7. The molecule has 1 heterocycles. The molecule has 1 N–H and O–H groups in total. The van der Waals surface area contributed by atoms with Gasteiger partial charge in [0.2, 0.25) is 11.6 Å². The largest absolute Gasteiger partial charge is 0.496 e. The highest BCUT2D eigenvalue weighted by Crippen LogP contribution is 2.67. The molecule has 3 unspecified atom stereocenters. The molecule has 2 aliphatic carbocycles. The summed E-state index contributed by atoms with van der Waals surface area (Å²) in [7, 11) is 2.98. The molecule has 1 aliphatic heterocycles. The fraction of sp³-hybridized carbons (Fsp3) is 0.750. The third kappa shape index (κ3) is 4.45. The highest BCUT2D eigenvalue weighted by Gasteiger charge is 2.69. The summed E-state index contributed by atoms with van der Waals surface area (Å²) < 4.78 is 38.4. The van der Waals surface area contributed by atoms with E-state index in [1.807, 2.05) is 32.9 Å². The second-order valence-electron chi connectivity index (χ2n) is 12.4. The molecule has 40 heavy (non-hydrogen) atoms. The fourth-order valence-corrected chi connectivity index (χ4v) is 10.8. The van der Waals surface area contributed by atoms with Gasteiger partial charge in [0.1, 0.15) is 5.75 Å². The molecule has 0 spiro atoms. The van der Waals surface area contributed by atoms with Crippen LogP contribution >= 0.6 is 0 Å². The number of aliphatic hydroxyl groups is 1. The van der Waals surface area contributed by atoms with Crippen LogP contribution < -0.4 is 4.74 Å². The molecule has 9 atom stereocenters. The number of hydrogen-bond donors (Lipinski definition) is 1. The van der Waals surface area contributed by atoms with E-state index in [1.165, 1.54) is 0 Å². The Morgan fingerprint density at radius 1 is 1.00 bits per heavy atom. The maximum atomic E-state index is 12.2. The topological polar surface area (TPSA) is 75.6 Å². The number of benzene rings is 1. The van der Waals surface area contributed by atoms with E-state index in [0.717, 1.165) is 47.0 Å². The zero-order chi connectivity index (χ0) is 29.7. The van der Waals surface area contributed by atoms with Crippen molar-refractivity contribution in [1.29, 1.82) is 0 Å². The van der Waals surface area contributed by atoms with Gasteiger partial charge in [-0.05, 0) is 74.0 Å². The lowest BCUT2D eigenvalue weighted by molar-refractivity contribution is -0.467. The molecular formula is C32H52O7Si. The van der Waals surface area contributed by atoms with Crippen LogP contribution in [0.1, 0.15) is 76.7 Å². The van der Waals surface area contributed by atoms with Gasteiger partial charge < -0.3 is 33.2 Å². The highest BCUT2D eigenvalue weighted by atomic mass is 28.4. The van der Waals surface area contributed by atoms with Crippen molar-refractivity contribution in [2.75, 3.05) is 27.9 Å². The summed E-state index contributed by atoms with van der Waals surface area (Å²) in [5.41, 5.74) is 2.67. The van der Waals surface area contributed by atoms with E-state index >= 15 is 0 Å². The molecule has 1 aromatic rings. The van der Waals surface area contributed by atoms with E-state index in [1.54, 1.807) is 21.3 Å². The molecule has 8 heteroatoms. The van der Waals surface area contributed by atoms with Crippen molar-refractivity contribution in [1.82, 2.24) is 0 Å². The summed E-state index contributed by atoms with van der Waals surface area (Å²) in [5, 5.41) is 12.2. The number of allylic oxidation sites excluding steroid dienone is 1. The average Bonchev–Trinajstić information content (AvgIpc) is 3.27. The molecule has 1 saturated heterocycles. The van der Waals surface area contributed by atoms with Crippen LogP contribution in [0.5, 0.6) is 5.75 Å². The predicted molar refractivity (Wildman–Crippen MR) is 159 cm³/mol. The Balaban J connectivity index is 1.94. The van der Waals surface area contributed by atoms with Gasteiger partial charge in [0.25, 0.3) is 0 Å². The minimum absolute atomic E-state index is 0.00505. The molecule has 7 nitrogen and oxygen atoms in total. The van der Waals surface area contributed by atoms with Gasteiger partial charge in [0.05, 0.1) is 25.4 Å². The summed E-state index contributed by atoms with van der Waals surface area (Å²) in [6.45, 7) is 19.6. The quantitative estimate of drug-likeness (QED) is 0.238. The van der Waals surface area contributed by atoms with Gasteiger partial charge in [0.15, 0.2) is 8.32 Å². The Kier molecular flexibility index (Phi) is 9.05. The van der Waals surface area contributed by atoms with Gasteiger partial charge in [-0.25, -0.2) is 0 Å². The summed E-state index contributed by atoms with van der Waals surface area (Å²) in [5.74, 6) is -1.85. The Morgan fingerprint density at radius 3 is 2.08 bits per heavy atom. The molecule has 226 valence electrons. The molecule has 1 aromatic carbocycles. The summed E-state index contributed by atoms with van der Waals surface area (Å²) in [4.78, 5) is 0. The molecule has 0 bridgehead atoms. The van der Waals surface area contributed by atoms with Crippen LogP contribution in [0.2, 0.25) is 18.1 Å². The van der Waals surface area contributed by atoms with E-state index < -0.39 is 32.1 Å². The molecule has 0 amide bonds. The lowest BCUT2D eigenvalue weighted by atomic mass is 9.53. The monoisotopic (exact) mass is 576 g/mol. The van der Waals surface area contributed by atoms with Crippen molar-refractivity contribution in [3.05, 3.63) is 41.5 Å². The first-order valence-corrected chi connectivity index (χ1v) is 17.5.